The van der Waals surface area contributed by atoms with Gasteiger partial charge in [0.1, 0.15) is 0 Å². The van der Waals surface area contributed by atoms with Gasteiger partial charge in [0.2, 0.25) is 10.0 Å². The largest absolute Gasteiger partial charge is 0.357 e. The Morgan fingerprint density at radius 1 is 1.16 bits per heavy atom. The Morgan fingerprint density at radius 2 is 1.84 bits per heavy atom. The van der Waals surface area contributed by atoms with Crippen molar-refractivity contribution in [1.82, 2.24) is 24.7 Å². The summed E-state index contributed by atoms with van der Waals surface area (Å²) in [5.41, 5.74) is 3.29. The van der Waals surface area contributed by atoms with Gasteiger partial charge in [-0.15, -0.1) is 0 Å². The van der Waals surface area contributed by atoms with E-state index in [9.17, 15) is 8.42 Å². The fraction of sp³-hybridized carbons (Fsp3) is 0.545. The summed E-state index contributed by atoms with van der Waals surface area (Å²) >= 11 is 0. The molecule has 0 atom stereocenters. The summed E-state index contributed by atoms with van der Waals surface area (Å²) < 4.78 is 29.1. The highest BCUT2D eigenvalue weighted by Gasteiger charge is 2.29. The van der Waals surface area contributed by atoms with E-state index in [1.165, 1.54) is 0 Å². The number of aryl methyl sites for hydroxylation is 2. The fourth-order valence-corrected chi connectivity index (χ4v) is 5.37. The molecule has 0 saturated carbocycles. The molecular formula is C22H34N6O2S. The third-order valence-corrected chi connectivity index (χ3v) is 7.82. The van der Waals surface area contributed by atoms with Crippen molar-refractivity contribution in [2.75, 3.05) is 26.2 Å². The molecule has 2 heterocycles. The zero-order valence-corrected chi connectivity index (χ0v) is 19.7. The van der Waals surface area contributed by atoms with Crippen LogP contribution in [0.15, 0.2) is 40.2 Å². The Hall–Kier alpha value is -2.39. The molecular weight excluding hydrogens is 412 g/mol. The third kappa shape index (κ3) is 5.65. The van der Waals surface area contributed by atoms with E-state index in [4.69, 9.17) is 4.99 Å². The molecule has 3 rings (SSSR count). The van der Waals surface area contributed by atoms with Crippen LogP contribution in [-0.4, -0.2) is 54.6 Å². The molecule has 0 bridgehead atoms. The number of guanidine groups is 1. The van der Waals surface area contributed by atoms with Gasteiger partial charge in [0, 0.05) is 44.5 Å². The van der Waals surface area contributed by atoms with Gasteiger partial charge in [0.25, 0.3) is 0 Å². The topological polar surface area (TPSA) is 91.6 Å². The number of rotatable bonds is 7. The van der Waals surface area contributed by atoms with Crippen LogP contribution in [0.3, 0.4) is 0 Å². The maximum Gasteiger partial charge on any atom is 0.243 e. The van der Waals surface area contributed by atoms with E-state index in [1.54, 1.807) is 28.6 Å². The van der Waals surface area contributed by atoms with Crippen LogP contribution >= 0.6 is 0 Å². The molecule has 1 fully saturated rings. The average molecular weight is 447 g/mol. The summed E-state index contributed by atoms with van der Waals surface area (Å²) in [4.78, 5) is 5.10. The molecule has 8 nitrogen and oxygen atoms in total. The highest BCUT2D eigenvalue weighted by atomic mass is 32.2. The molecule has 9 heteroatoms. The van der Waals surface area contributed by atoms with Crippen molar-refractivity contribution >= 4 is 16.0 Å². The molecule has 1 aliphatic rings. The number of hydrogen-bond donors (Lipinski definition) is 2. The second-order valence-corrected chi connectivity index (χ2v) is 9.95. The Kier molecular flexibility index (Phi) is 7.72. The summed E-state index contributed by atoms with van der Waals surface area (Å²) in [7, 11) is -1.45. The lowest BCUT2D eigenvalue weighted by molar-refractivity contribution is 0.273. The highest BCUT2D eigenvalue weighted by molar-refractivity contribution is 7.89. The summed E-state index contributed by atoms with van der Waals surface area (Å²) in [6, 6.07) is 8.68. The Morgan fingerprint density at radius 3 is 2.42 bits per heavy atom. The zero-order chi connectivity index (χ0) is 22.4. The predicted molar refractivity (Wildman–Crippen MR) is 123 cm³/mol. The number of piperidine rings is 1. The van der Waals surface area contributed by atoms with E-state index in [2.05, 4.69) is 22.7 Å². The number of benzene rings is 1. The first-order valence-corrected chi connectivity index (χ1v) is 12.3. The first kappa shape index (κ1) is 23.3. The van der Waals surface area contributed by atoms with Crippen LogP contribution in [0, 0.1) is 19.8 Å². The molecule has 0 unspecified atom stereocenters. The Labute approximate surface area is 185 Å². The lowest BCUT2D eigenvalue weighted by Crippen LogP contribution is -2.44. The van der Waals surface area contributed by atoms with Crippen molar-refractivity contribution in [3.63, 3.8) is 0 Å². The number of sulfonamides is 1. The molecule has 1 aliphatic heterocycles. The Bertz CT molecular complexity index is 993. The SMILES string of the molecule is CCNC(=NCc1c(C)nn(C)c1C)NCC1CCN(S(=O)(=O)c2ccccc2)CC1. The number of hydrogen-bond acceptors (Lipinski definition) is 4. The molecule has 1 aromatic heterocycles. The smallest absolute Gasteiger partial charge is 0.243 e. The zero-order valence-electron chi connectivity index (χ0n) is 18.9. The van der Waals surface area contributed by atoms with Crippen molar-refractivity contribution < 1.29 is 8.42 Å². The van der Waals surface area contributed by atoms with Crippen LogP contribution in [0.1, 0.15) is 36.7 Å². The average Bonchev–Trinajstić information content (AvgIpc) is 3.02. The van der Waals surface area contributed by atoms with Gasteiger partial charge in [-0.3, -0.25) is 4.68 Å². The quantitative estimate of drug-likeness (QED) is 0.503. The lowest BCUT2D eigenvalue weighted by atomic mass is 9.98. The lowest BCUT2D eigenvalue weighted by Gasteiger charge is -2.31. The van der Waals surface area contributed by atoms with Crippen molar-refractivity contribution in [2.24, 2.45) is 18.0 Å². The maximum atomic E-state index is 12.8. The summed E-state index contributed by atoms with van der Waals surface area (Å²) in [5.74, 6) is 1.19. The molecule has 2 aromatic rings. The van der Waals surface area contributed by atoms with Crippen LogP contribution in [-0.2, 0) is 23.6 Å². The van der Waals surface area contributed by atoms with Gasteiger partial charge in [-0.2, -0.15) is 9.40 Å². The van der Waals surface area contributed by atoms with Crippen molar-refractivity contribution in [2.45, 2.75) is 45.1 Å². The molecule has 170 valence electrons. The molecule has 0 radical (unpaired) electrons. The molecule has 0 aliphatic carbocycles. The van der Waals surface area contributed by atoms with E-state index < -0.39 is 10.0 Å². The molecule has 31 heavy (non-hydrogen) atoms. The molecule has 1 aromatic carbocycles. The van der Waals surface area contributed by atoms with Crippen LogP contribution in [0.2, 0.25) is 0 Å². The summed E-state index contributed by atoms with van der Waals surface area (Å²) in [6.45, 7) is 9.34. The standard InChI is InChI=1S/C22H34N6O2S/c1-5-23-22(25-16-21-17(2)26-27(4)18(21)3)24-15-19-11-13-28(14-12-19)31(29,30)20-9-7-6-8-10-20/h6-10,19H,5,11-16H2,1-4H3,(H2,23,24,25). The van der Waals surface area contributed by atoms with Crippen molar-refractivity contribution in [3.8, 4) is 0 Å². The van der Waals surface area contributed by atoms with Gasteiger partial charge in [-0.1, -0.05) is 18.2 Å². The van der Waals surface area contributed by atoms with E-state index in [0.29, 0.717) is 30.4 Å². The minimum atomic E-state index is -3.40. The molecule has 2 N–H and O–H groups in total. The van der Waals surface area contributed by atoms with Gasteiger partial charge in [0.05, 0.1) is 17.1 Å². The van der Waals surface area contributed by atoms with E-state index in [-0.39, 0.29) is 0 Å². The van der Waals surface area contributed by atoms with Crippen LogP contribution < -0.4 is 10.6 Å². The van der Waals surface area contributed by atoms with E-state index >= 15 is 0 Å². The highest BCUT2D eigenvalue weighted by Crippen LogP contribution is 2.23. The molecule has 0 spiro atoms. The number of nitrogens with zero attached hydrogens (tertiary/aromatic N) is 4. The second kappa shape index (κ2) is 10.3. The summed E-state index contributed by atoms with van der Waals surface area (Å²) in [6.07, 6.45) is 1.67. The van der Waals surface area contributed by atoms with Crippen molar-refractivity contribution in [3.05, 3.63) is 47.3 Å². The van der Waals surface area contributed by atoms with Gasteiger partial charge in [-0.25, -0.2) is 13.4 Å². The molecule has 1 saturated heterocycles. The number of aliphatic imine (C=N–C) groups is 1. The van der Waals surface area contributed by atoms with E-state index in [1.807, 2.05) is 31.6 Å². The van der Waals surface area contributed by atoms with Gasteiger partial charge < -0.3 is 10.6 Å². The Balaban J connectivity index is 1.54. The maximum absolute atomic E-state index is 12.8. The number of nitrogens with one attached hydrogen (secondary N) is 2. The molecule has 0 amide bonds. The van der Waals surface area contributed by atoms with Gasteiger partial charge >= 0.3 is 0 Å². The first-order valence-electron chi connectivity index (χ1n) is 10.9. The van der Waals surface area contributed by atoms with E-state index in [0.717, 1.165) is 48.8 Å². The van der Waals surface area contributed by atoms with Crippen LogP contribution in [0.4, 0.5) is 0 Å². The second-order valence-electron chi connectivity index (χ2n) is 8.01. The summed E-state index contributed by atoms with van der Waals surface area (Å²) in [5, 5.41) is 11.2. The first-order chi connectivity index (χ1) is 14.8. The van der Waals surface area contributed by atoms with Crippen LogP contribution in [0.25, 0.3) is 0 Å². The number of aromatic nitrogens is 2. The third-order valence-electron chi connectivity index (χ3n) is 5.91. The normalized spacial score (nSPS) is 16.5. The van der Waals surface area contributed by atoms with Crippen LogP contribution in [0.5, 0.6) is 0 Å². The van der Waals surface area contributed by atoms with Gasteiger partial charge in [-0.05, 0) is 51.7 Å². The van der Waals surface area contributed by atoms with Gasteiger partial charge in [0.15, 0.2) is 5.96 Å². The predicted octanol–water partition coefficient (Wildman–Crippen LogP) is 2.19. The monoisotopic (exact) mass is 446 g/mol. The fourth-order valence-electron chi connectivity index (χ4n) is 3.88. The van der Waals surface area contributed by atoms with Crippen molar-refractivity contribution in [1.29, 1.82) is 0 Å². The minimum absolute atomic E-state index is 0.370. The minimum Gasteiger partial charge on any atom is -0.357 e.